The predicted molar refractivity (Wildman–Crippen MR) is 126 cm³/mol. The lowest BCUT2D eigenvalue weighted by molar-refractivity contribution is 0.0895. The summed E-state index contributed by atoms with van der Waals surface area (Å²) in [5, 5.41) is 20.2. The van der Waals surface area contributed by atoms with Crippen molar-refractivity contribution >= 4 is 36.6 Å². The van der Waals surface area contributed by atoms with Gasteiger partial charge in [0.1, 0.15) is 18.1 Å². The molecule has 3 aromatic rings. The van der Waals surface area contributed by atoms with Crippen LogP contribution in [0.3, 0.4) is 0 Å². The van der Waals surface area contributed by atoms with Gasteiger partial charge in [-0.3, -0.25) is 4.68 Å². The molecule has 2 N–H and O–H groups in total. The summed E-state index contributed by atoms with van der Waals surface area (Å²) >= 11 is 0. The topological polar surface area (TPSA) is 106 Å². The van der Waals surface area contributed by atoms with Crippen LogP contribution in [0.2, 0.25) is 25.7 Å². The Morgan fingerprint density at radius 2 is 1.97 bits per heavy atom. The van der Waals surface area contributed by atoms with Gasteiger partial charge in [0.15, 0.2) is 11.5 Å². The van der Waals surface area contributed by atoms with E-state index in [2.05, 4.69) is 51.4 Å². The number of aryl methyl sites for hydroxylation is 1. The Bertz CT molecular complexity index is 1160. The lowest BCUT2D eigenvalue weighted by Crippen LogP contribution is -2.24. The van der Waals surface area contributed by atoms with E-state index in [0.29, 0.717) is 40.8 Å². The van der Waals surface area contributed by atoms with Crippen LogP contribution >= 0.6 is 0 Å². The van der Waals surface area contributed by atoms with Crippen LogP contribution in [0.5, 0.6) is 0 Å². The Morgan fingerprint density at radius 3 is 2.59 bits per heavy atom. The molecule has 0 aliphatic rings. The summed E-state index contributed by atoms with van der Waals surface area (Å²) in [6.45, 7) is 13.1. The van der Waals surface area contributed by atoms with Gasteiger partial charge in [-0.2, -0.15) is 20.3 Å². The zero-order valence-corrected chi connectivity index (χ0v) is 20.7. The lowest BCUT2D eigenvalue weighted by Gasteiger charge is -2.16. The van der Waals surface area contributed by atoms with Crippen LogP contribution in [0.4, 0.5) is 21.8 Å². The molecule has 0 amide bonds. The number of hydrogen-bond acceptors (Lipinski definition) is 7. The molecular weight excluding hydrogens is 427 g/mol. The number of rotatable bonds is 9. The van der Waals surface area contributed by atoms with Crippen molar-refractivity contribution in [1.82, 2.24) is 24.3 Å². The van der Waals surface area contributed by atoms with Crippen molar-refractivity contribution in [2.75, 3.05) is 24.3 Å². The number of fused-ring (bicyclic) bond motifs is 1. The molecule has 3 heterocycles. The molecule has 3 aromatic heterocycles. The number of ether oxygens (including phenoxy) is 1. The molecule has 0 unspecified atom stereocenters. The van der Waals surface area contributed by atoms with Crippen LogP contribution < -0.4 is 10.6 Å². The molecule has 9 nitrogen and oxygen atoms in total. The van der Waals surface area contributed by atoms with Gasteiger partial charge in [-0.1, -0.05) is 19.6 Å². The molecule has 0 bridgehead atoms. The molecule has 0 radical (unpaired) electrons. The highest BCUT2D eigenvalue weighted by molar-refractivity contribution is 6.76. The average molecular weight is 459 g/mol. The molecule has 0 aromatic carbocycles. The minimum atomic E-state index is -1.21. The Balaban J connectivity index is 1.91. The molecule has 0 atom stereocenters. The number of aromatic nitrogens is 5. The third-order valence-electron chi connectivity index (χ3n) is 5.13. The van der Waals surface area contributed by atoms with Gasteiger partial charge in [0, 0.05) is 27.9 Å². The number of halogens is 1. The number of anilines is 3. The highest BCUT2D eigenvalue weighted by Gasteiger charge is 2.23. The maximum atomic E-state index is 14.7. The van der Waals surface area contributed by atoms with Gasteiger partial charge in [0.2, 0.25) is 5.95 Å². The quantitative estimate of drug-likeness (QED) is 0.361. The molecule has 0 spiro atoms. The number of nitrogens with one attached hydrogen (secondary N) is 2. The summed E-state index contributed by atoms with van der Waals surface area (Å²) in [5.41, 5.74) is 0.996. The summed E-state index contributed by atoms with van der Waals surface area (Å²) in [6.07, 6.45) is 3.13. The Labute approximate surface area is 188 Å². The molecule has 32 heavy (non-hydrogen) atoms. The summed E-state index contributed by atoms with van der Waals surface area (Å²) in [6, 6.07) is 3.25. The lowest BCUT2D eigenvalue weighted by atomic mass is 10.1. The smallest absolute Gasteiger partial charge is 0.231 e. The average Bonchev–Trinajstić information content (AvgIpc) is 3.24. The van der Waals surface area contributed by atoms with Crippen molar-refractivity contribution in [1.29, 1.82) is 5.26 Å². The number of nitriles is 1. The van der Waals surface area contributed by atoms with Crippen molar-refractivity contribution in [2.45, 2.75) is 58.7 Å². The molecule has 0 aliphatic carbocycles. The van der Waals surface area contributed by atoms with E-state index in [1.807, 2.05) is 6.92 Å². The zero-order valence-electron chi connectivity index (χ0n) is 19.7. The maximum Gasteiger partial charge on any atom is 0.231 e. The van der Waals surface area contributed by atoms with Crippen LogP contribution in [-0.2, 0) is 17.0 Å². The monoisotopic (exact) mass is 458 g/mol. The summed E-state index contributed by atoms with van der Waals surface area (Å²) in [7, 11) is 0.473. The third kappa shape index (κ3) is 5.08. The molecule has 0 fully saturated rings. The summed E-state index contributed by atoms with van der Waals surface area (Å²) < 4.78 is 23.7. The second-order valence-electron chi connectivity index (χ2n) is 9.51. The van der Waals surface area contributed by atoms with E-state index in [-0.39, 0.29) is 6.73 Å². The van der Waals surface area contributed by atoms with Crippen molar-refractivity contribution in [3.63, 3.8) is 0 Å². The SMILES string of the molecule is CNc1nc(Nc2cn(C(C)(C)C#N)nc2C)nc2c1c(F)cn2COCC[Si](C)(C)C. The first-order valence-electron chi connectivity index (χ1n) is 10.5. The first-order valence-corrected chi connectivity index (χ1v) is 14.2. The van der Waals surface area contributed by atoms with Crippen molar-refractivity contribution in [2.24, 2.45) is 0 Å². The number of nitrogens with zero attached hydrogens (tertiary/aromatic N) is 6. The Hall–Kier alpha value is -2.97. The Kier molecular flexibility index (Phi) is 6.57. The largest absolute Gasteiger partial charge is 0.372 e. The first-order chi connectivity index (χ1) is 14.9. The second kappa shape index (κ2) is 8.88. The second-order valence-corrected chi connectivity index (χ2v) is 15.1. The van der Waals surface area contributed by atoms with E-state index >= 15 is 0 Å². The van der Waals surface area contributed by atoms with E-state index in [4.69, 9.17) is 4.74 Å². The Morgan fingerprint density at radius 1 is 1.25 bits per heavy atom. The molecule has 3 rings (SSSR count). The summed E-state index contributed by atoms with van der Waals surface area (Å²) in [4.78, 5) is 8.97. The van der Waals surface area contributed by atoms with Crippen LogP contribution in [0.1, 0.15) is 19.5 Å². The van der Waals surface area contributed by atoms with Gasteiger partial charge in [-0.05, 0) is 26.8 Å². The normalized spacial score (nSPS) is 12.2. The minimum Gasteiger partial charge on any atom is -0.372 e. The first kappa shape index (κ1) is 23.7. The van der Waals surface area contributed by atoms with Crippen LogP contribution in [0, 0.1) is 24.1 Å². The van der Waals surface area contributed by atoms with Gasteiger partial charge in [0.05, 0.1) is 29.0 Å². The molecule has 0 saturated carbocycles. The highest BCUT2D eigenvalue weighted by Crippen LogP contribution is 2.29. The van der Waals surface area contributed by atoms with Crippen LogP contribution in [-0.4, -0.2) is 46.0 Å². The van der Waals surface area contributed by atoms with Gasteiger partial charge in [0.25, 0.3) is 0 Å². The third-order valence-corrected chi connectivity index (χ3v) is 6.83. The van der Waals surface area contributed by atoms with Crippen molar-refractivity contribution in [3.8, 4) is 6.07 Å². The minimum absolute atomic E-state index is 0.206. The van der Waals surface area contributed by atoms with E-state index in [0.717, 1.165) is 6.04 Å². The summed E-state index contributed by atoms with van der Waals surface area (Å²) in [5.74, 6) is 0.253. The van der Waals surface area contributed by atoms with E-state index in [9.17, 15) is 9.65 Å². The van der Waals surface area contributed by atoms with E-state index in [1.54, 1.807) is 36.3 Å². The van der Waals surface area contributed by atoms with E-state index < -0.39 is 19.4 Å². The van der Waals surface area contributed by atoms with Gasteiger partial charge < -0.3 is 19.9 Å². The van der Waals surface area contributed by atoms with Crippen molar-refractivity contribution in [3.05, 3.63) is 23.9 Å². The van der Waals surface area contributed by atoms with Crippen LogP contribution in [0.15, 0.2) is 12.4 Å². The molecule has 0 aliphatic heterocycles. The number of hydrogen-bond donors (Lipinski definition) is 2. The van der Waals surface area contributed by atoms with Crippen LogP contribution in [0.25, 0.3) is 11.0 Å². The van der Waals surface area contributed by atoms with Gasteiger partial charge >= 0.3 is 0 Å². The van der Waals surface area contributed by atoms with Crippen molar-refractivity contribution < 1.29 is 9.13 Å². The van der Waals surface area contributed by atoms with E-state index in [1.165, 1.54) is 6.20 Å². The molecule has 172 valence electrons. The molecule has 11 heteroatoms. The standard InChI is InChI=1S/C21H31FN8OSi/c1-14-16(11-30(28-14)21(2,3)12-23)25-20-26-18(24-4)17-15(22)10-29(19(17)27-20)13-31-8-9-32(5,6)7/h10-11H,8-9,13H2,1-7H3,(H2,24,25,26,27). The fourth-order valence-corrected chi connectivity index (χ4v) is 3.81. The zero-order chi connectivity index (χ0) is 23.7. The predicted octanol–water partition coefficient (Wildman–Crippen LogP) is 4.43. The van der Waals surface area contributed by atoms with Gasteiger partial charge in [-0.15, -0.1) is 0 Å². The molecular formula is C21H31FN8OSi. The highest BCUT2D eigenvalue weighted by atomic mass is 28.3. The molecule has 0 saturated heterocycles. The maximum absolute atomic E-state index is 14.7. The van der Waals surface area contributed by atoms with Gasteiger partial charge in [-0.25, -0.2) is 4.39 Å². The fourth-order valence-electron chi connectivity index (χ4n) is 3.06. The fraction of sp³-hybridized carbons (Fsp3) is 0.524.